The monoisotopic (exact) mass is 258 g/mol. The van der Waals surface area contributed by atoms with Gasteiger partial charge in [-0.1, -0.05) is 25.1 Å². The molecule has 2 rings (SSSR count). The first-order chi connectivity index (χ1) is 9.33. The molecule has 0 aliphatic rings. The first kappa shape index (κ1) is 13.5. The smallest absolute Gasteiger partial charge is 0.191 e. The Morgan fingerprint density at radius 1 is 1.21 bits per heavy atom. The van der Waals surface area contributed by atoms with Gasteiger partial charge in [0.1, 0.15) is 0 Å². The number of nitrogens with one attached hydrogen (secondary N) is 3. The average Bonchev–Trinajstić information content (AvgIpc) is 2.84. The van der Waals surface area contributed by atoms with Crippen LogP contribution in [-0.2, 0) is 6.54 Å². The minimum atomic E-state index is 0.660. The predicted octanol–water partition coefficient (Wildman–Crippen LogP) is 2.63. The summed E-state index contributed by atoms with van der Waals surface area (Å²) in [5.41, 5.74) is 2.30. The van der Waals surface area contributed by atoms with E-state index < -0.39 is 0 Å². The molecule has 1 aromatic heterocycles. The maximum atomic E-state index is 4.58. The lowest BCUT2D eigenvalue weighted by Crippen LogP contribution is -2.37. The number of aliphatic imine (C=N–C) groups is 1. The van der Waals surface area contributed by atoms with E-state index in [9.17, 15) is 0 Å². The van der Waals surface area contributed by atoms with Crippen LogP contribution in [0.3, 0.4) is 0 Å². The summed E-state index contributed by atoms with van der Waals surface area (Å²) in [6, 6.07) is 10.4. The zero-order valence-corrected chi connectivity index (χ0v) is 11.7. The molecule has 0 amide bonds. The fraction of sp³-hybridized carbons (Fsp3) is 0.400. The lowest BCUT2D eigenvalue weighted by molar-refractivity contribution is 0.784. The molecule has 0 fully saturated rings. The van der Waals surface area contributed by atoms with Crippen molar-refractivity contribution in [3.8, 4) is 0 Å². The standard InChI is InChI=1S/C15H22N4/c1-3-9-17-15(16-4-2)18-11-13-10-12-7-5-6-8-14(12)19-13/h5-8,10,19H,3-4,9,11H2,1-2H3,(H2,16,17,18). The van der Waals surface area contributed by atoms with Gasteiger partial charge in [-0.2, -0.15) is 0 Å². The van der Waals surface area contributed by atoms with Gasteiger partial charge in [-0.05, 0) is 30.9 Å². The van der Waals surface area contributed by atoms with Gasteiger partial charge in [-0.25, -0.2) is 4.99 Å². The molecule has 19 heavy (non-hydrogen) atoms. The number of nitrogens with zero attached hydrogens (tertiary/aromatic N) is 1. The van der Waals surface area contributed by atoms with Crippen LogP contribution in [0.2, 0.25) is 0 Å². The van der Waals surface area contributed by atoms with Crippen molar-refractivity contribution in [2.45, 2.75) is 26.8 Å². The molecule has 3 N–H and O–H groups in total. The molecular formula is C15H22N4. The van der Waals surface area contributed by atoms with Crippen LogP contribution in [0, 0.1) is 0 Å². The minimum absolute atomic E-state index is 0.660. The summed E-state index contributed by atoms with van der Waals surface area (Å²) in [6.07, 6.45) is 1.09. The van der Waals surface area contributed by atoms with E-state index in [0.29, 0.717) is 6.54 Å². The van der Waals surface area contributed by atoms with Gasteiger partial charge in [-0.15, -0.1) is 0 Å². The number of aromatic amines is 1. The minimum Gasteiger partial charge on any atom is -0.357 e. The van der Waals surface area contributed by atoms with Crippen molar-refractivity contribution < 1.29 is 0 Å². The van der Waals surface area contributed by atoms with Gasteiger partial charge in [0, 0.05) is 24.3 Å². The molecule has 2 aromatic rings. The SMILES string of the molecule is CCCNC(=NCc1cc2ccccc2[nH]1)NCC. The van der Waals surface area contributed by atoms with E-state index in [2.05, 4.69) is 58.7 Å². The molecule has 0 aliphatic heterocycles. The van der Waals surface area contributed by atoms with Crippen molar-refractivity contribution in [1.82, 2.24) is 15.6 Å². The van der Waals surface area contributed by atoms with Gasteiger partial charge >= 0.3 is 0 Å². The first-order valence-corrected chi connectivity index (χ1v) is 6.92. The fourth-order valence-electron chi connectivity index (χ4n) is 1.97. The predicted molar refractivity (Wildman–Crippen MR) is 81.4 cm³/mol. The molecule has 0 saturated heterocycles. The van der Waals surface area contributed by atoms with Gasteiger partial charge in [0.15, 0.2) is 5.96 Å². The van der Waals surface area contributed by atoms with Crippen LogP contribution in [-0.4, -0.2) is 24.0 Å². The number of guanidine groups is 1. The van der Waals surface area contributed by atoms with Crippen molar-refractivity contribution in [2.24, 2.45) is 4.99 Å². The molecule has 0 bridgehead atoms. The van der Waals surface area contributed by atoms with Crippen LogP contribution >= 0.6 is 0 Å². The van der Waals surface area contributed by atoms with Crippen molar-refractivity contribution in [1.29, 1.82) is 0 Å². The molecular weight excluding hydrogens is 236 g/mol. The van der Waals surface area contributed by atoms with Gasteiger partial charge in [0.2, 0.25) is 0 Å². The van der Waals surface area contributed by atoms with Crippen molar-refractivity contribution in [3.63, 3.8) is 0 Å². The van der Waals surface area contributed by atoms with E-state index in [-0.39, 0.29) is 0 Å². The number of benzene rings is 1. The van der Waals surface area contributed by atoms with Crippen LogP contribution in [0.1, 0.15) is 26.0 Å². The summed E-state index contributed by atoms with van der Waals surface area (Å²) < 4.78 is 0. The van der Waals surface area contributed by atoms with Crippen molar-refractivity contribution >= 4 is 16.9 Å². The molecule has 0 saturated carbocycles. The number of hydrogen-bond donors (Lipinski definition) is 3. The first-order valence-electron chi connectivity index (χ1n) is 6.92. The van der Waals surface area contributed by atoms with E-state index >= 15 is 0 Å². The molecule has 0 atom stereocenters. The molecule has 1 heterocycles. The summed E-state index contributed by atoms with van der Waals surface area (Å²) in [7, 11) is 0. The zero-order valence-electron chi connectivity index (χ0n) is 11.7. The topological polar surface area (TPSA) is 52.2 Å². The summed E-state index contributed by atoms with van der Waals surface area (Å²) >= 11 is 0. The quantitative estimate of drug-likeness (QED) is 0.570. The Balaban J connectivity index is 2.05. The third-order valence-corrected chi connectivity index (χ3v) is 2.88. The molecule has 0 aliphatic carbocycles. The van der Waals surface area contributed by atoms with E-state index in [1.807, 2.05) is 6.07 Å². The molecule has 0 radical (unpaired) electrons. The molecule has 0 spiro atoms. The van der Waals surface area contributed by atoms with E-state index in [0.717, 1.165) is 31.2 Å². The Hall–Kier alpha value is -1.97. The van der Waals surface area contributed by atoms with Crippen LogP contribution in [0.15, 0.2) is 35.3 Å². The normalized spacial score (nSPS) is 11.8. The summed E-state index contributed by atoms with van der Waals surface area (Å²) in [5.74, 6) is 0.878. The number of aromatic nitrogens is 1. The van der Waals surface area contributed by atoms with Crippen LogP contribution < -0.4 is 10.6 Å². The van der Waals surface area contributed by atoms with Gasteiger partial charge in [0.05, 0.1) is 6.54 Å². The summed E-state index contributed by atoms with van der Waals surface area (Å²) in [4.78, 5) is 7.97. The van der Waals surface area contributed by atoms with Gasteiger partial charge < -0.3 is 15.6 Å². The Bertz CT molecular complexity index is 509. The molecule has 102 valence electrons. The molecule has 0 unspecified atom stereocenters. The third kappa shape index (κ3) is 3.74. The van der Waals surface area contributed by atoms with Gasteiger partial charge in [0.25, 0.3) is 0 Å². The number of H-pyrrole nitrogens is 1. The third-order valence-electron chi connectivity index (χ3n) is 2.88. The number of para-hydroxylation sites is 1. The Kier molecular flexibility index (Phi) is 4.84. The highest BCUT2D eigenvalue weighted by atomic mass is 15.2. The second-order valence-corrected chi connectivity index (χ2v) is 4.50. The fourth-order valence-corrected chi connectivity index (χ4v) is 1.97. The highest BCUT2D eigenvalue weighted by Crippen LogP contribution is 2.14. The van der Waals surface area contributed by atoms with Crippen molar-refractivity contribution in [3.05, 3.63) is 36.0 Å². The van der Waals surface area contributed by atoms with Gasteiger partial charge in [-0.3, -0.25) is 0 Å². The maximum absolute atomic E-state index is 4.58. The molecule has 4 heteroatoms. The second-order valence-electron chi connectivity index (χ2n) is 4.50. The molecule has 1 aromatic carbocycles. The number of fused-ring (bicyclic) bond motifs is 1. The van der Waals surface area contributed by atoms with E-state index in [1.165, 1.54) is 10.9 Å². The Morgan fingerprint density at radius 3 is 2.79 bits per heavy atom. The van der Waals surface area contributed by atoms with Crippen LogP contribution in [0.5, 0.6) is 0 Å². The number of hydrogen-bond acceptors (Lipinski definition) is 1. The average molecular weight is 258 g/mol. The van der Waals surface area contributed by atoms with E-state index in [1.54, 1.807) is 0 Å². The highest BCUT2D eigenvalue weighted by Gasteiger charge is 2.00. The Labute approximate surface area is 114 Å². The second kappa shape index (κ2) is 6.83. The summed E-state index contributed by atoms with van der Waals surface area (Å²) in [6.45, 7) is 6.70. The lowest BCUT2D eigenvalue weighted by Gasteiger charge is -2.09. The number of rotatable bonds is 5. The maximum Gasteiger partial charge on any atom is 0.191 e. The van der Waals surface area contributed by atoms with Crippen molar-refractivity contribution in [2.75, 3.05) is 13.1 Å². The van der Waals surface area contributed by atoms with Crippen LogP contribution in [0.25, 0.3) is 10.9 Å². The highest BCUT2D eigenvalue weighted by molar-refractivity contribution is 5.81. The molecule has 4 nitrogen and oxygen atoms in total. The van der Waals surface area contributed by atoms with Crippen LogP contribution in [0.4, 0.5) is 0 Å². The largest absolute Gasteiger partial charge is 0.357 e. The zero-order chi connectivity index (χ0) is 13.5. The summed E-state index contributed by atoms with van der Waals surface area (Å²) in [5, 5.41) is 7.78. The Morgan fingerprint density at radius 2 is 2.05 bits per heavy atom. The van der Waals surface area contributed by atoms with E-state index in [4.69, 9.17) is 0 Å². The lowest BCUT2D eigenvalue weighted by atomic mass is 10.2.